The normalized spacial score (nSPS) is 16.3. The summed E-state index contributed by atoms with van der Waals surface area (Å²) in [6.45, 7) is 11.6. The molecular formula is C35H44N6O4. The first-order chi connectivity index (χ1) is 21.6. The first-order valence-electron chi connectivity index (χ1n) is 15.6. The van der Waals surface area contributed by atoms with Crippen LogP contribution in [0.4, 0.5) is 16.6 Å². The van der Waals surface area contributed by atoms with Crippen molar-refractivity contribution in [3.05, 3.63) is 70.9 Å². The molecule has 1 aliphatic rings. The summed E-state index contributed by atoms with van der Waals surface area (Å²) in [6.07, 6.45) is 5.28. The third-order valence-electron chi connectivity index (χ3n) is 7.94. The summed E-state index contributed by atoms with van der Waals surface area (Å²) in [5, 5.41) is 19.3. The third kappa shape index (κ3) is 9.67. The predicted octanol–water partition coefficient (Wildman–Crippen LogP) is 6.86. The molecule has 1 fully saturated rings. The number of amides is 1. The highest BCUT2D eigenvalue weighted by atomic mass is 16.6. The number of carbonyl (C=O) groups is 2. The van der Waals surface area contributed by atoms with Crippen molar-refractivity contribution in [2.24, 2.45) is 11.8 Å². The minimum Gasteiger partial charge on any atom is -0.462 e. The Hall–Kier alpha value is -4.65. The van der Waals surface area contributed by atoms with Crippen molar-refractivity contribution in [3.8, 4) is 17.2 Å². The highest BCUT2D eigenvalue weighted by Crippen LogP contribution is 2.30. The average molecular weight is 613 g/mol. The van der Waals surface area contributed by atoms with Gasteiger partial charge in [0.2, 0.25) is 5.95 Å². The van der Waals surface area contributed by atoms with Crippen molar-refractivity contribution >= 4 is 23.8 Å². The zero-order chi connectivity index (χ0) is 32.4. The topological polar surface area (TPSA) is 138 Å². The van der Waals surface area contributed by atoms with Gasteiger partial charge in [0.05, 0.1) is 18.4 Å². The van der Waals surface area contributed by atoms with Crippen LogP contribution >= 0.6 is 0 Å². The lowest BCUT2D eigenvalue weighted by molar-refractivity contribution is 0.0508. The van der Waals surface area contributed by atoms with Gasteiger partial charge in [0.25, 0.3) is 0 Å². The zero-order valence-electron chi connectivity index (χ0n) is 26.9. The van der Waals surface area contributed by atoms with Crippen molar-refractivity contribution in [3.63, 3.8) is 0 Å². The number of carbonyl (C=O) groups excluding carboxylic acids is 2. The van der Waals surface area contributed by atoms with Crippen LogP contribution in [-0.2, 0) is 16.0 Å². The number of aromatic nitrogens is 2. The first kappa shape index (κ1) is 33.2. The van der Waals surface area contributed by atoms with Crippen molar-refractivity contribution < 1.29 is 19.1 Å². The van der Waals surface area contributed by atoms with E-state index in [2.05, 4.69) is 38.9 Å². The van der Waals surface area contributed by atoms with Crippen LogP contribution in [0.25, 0.3) is 11.1 Å². The SMILES string of the molecule is CCOC(=O)c1cccc(-c2cccc(CNc3ncc(C#N)c(NCC4CCC(CNC(=O)OC(C)(C)C)CC4)n3)c2C)c1. The molecule has 0 aliphatic heterocycles. The number of rotatable bonds is 11. The lowest BCUT2D eigenvalue weighted by atomic mass is 9.82. The smallest absolute Gasteiger partial charge is 0.407 e. The highest BCUT2D eigenvalue weighted by molar-refractivity contribution is 5.91. The molecule has 0 atom stereocenters. The largest absolute Gasteiger partial charge is 0.462 e. The monoisotopic (exact) mass is 612 g/mol. The van der Waals surface area contributed by atoms with E-state index in [9.17, 15) is 14.9 Å². The number of hydrogen-bond acceptors (Lipinski definition) is 9. The second-order valence-electron chi connectivity index (χ2n) is 12.5. The van der Waals surface area contributed by atoms with E-state index in [1.165, 1.54) is 0 Å². The molecule has 1 aliphatic carbocycles. The summed E-state index contributed by atoms with van der Waals surface area (Å²) in [4.78, 5) is 33.2. The Balaban J connectivity index is 1.32. The van der Waals surface area contributed by atoms with E-state index in [1.807, 2.05) is 57.2 Å². The van der Waals surface area contributed by atoms with E-state index in [0.29, 0.717) is 61.0 Å². The van der Waals surface area contributed by atoms with Crippen LogP contribution in [0.2, 0.25) is 0 Å². The molecule has 238 valence electrons. The van der Waals surface area contributed by atoms with E-state index >= 15 is 0 Å². The minimum atomic E-state index is -0.503. The molecule has 1 aromatic heterocycles. The number of anilines is 2. The van der Waals surface area contributed by atoms with Crippen molar-refractivity contribution in [1.82, 2.24) is 15.3 Å². The Morgan fingerprint density at radius 3 is 2.42 bits per heavy atom. The van der Waals surface area contributed by atoms with Gasteiger partial charge in [0.1, 0.15) is 23.1 Å². The summed E-state index contributed by atoms with van der Waals surface area (Å²) in [6, 6.07) is 15.7. The number of hydrogen-bond donors (Lipinski definition) is 3. The number of alkyl carbamates (subject to hydrolysis) is 1. The van der Waals surface area contributed by atoms with Gasteiger partial charge in [0, 0.05) is 19.6 Å². The number of nitriles is 1. The maximum atomic E-state index is 12.3. The van der Waals surface area contributed by atoms with E-state index < -0.39 is 5.60 Å². The molecule has 10 nitrogen and oxygen atoms in total. The molecule has 2 aromatic carbocycles. The Labute approximate surface area is 266 Å². The van der Waals surface area contributed by atoms with Gasteiger partial charge >= 0.3 is 12.1 Å². The Morgan fingerprint density at radius 2 is 1.73 bits per heavy atom. The van der Waals surface area contributed by atoms with Crippen LogP contribution in [-0.4, -0.2) is 47.3 Å². The van der Waals surface area contributed by atoms with Crippen LogP contribution in [0.5, 0.6) is 0 Å². The molecule has 0 unspecified atom stereocenters. The number of esters is 1. The third-order valence-corrected chi connectivity index (χ3v) is 7.94. The lowest BCUT2D eigenvalue weighted by Crippen LogP contribution is -2.36. The molecule has 4 rings (SSSR count). The molecule has 0 radical (unpaired) electrons. The fourth-order valence-corrected chi connectivity index (χ4v) is 5.50. The molecule has 45 heavy (non-hydrogen) atoms. The molecular weight excluding hydrogens is 568 g/mol. The quantitative estimate of drug-likeness (QED) is 0.198. The second-order valence-corrected chi connectivity index (χ2v) is 12.5. The summed E-state index contributed by atoms with van der Waals surface area (Å²) < 4.78 is 10.5. The van der Waals surface area contributed by atoms with Crippen molar-refractivity contribution in [1.29, 1.82) is 5.26 Å². The highest BCUT2D eigenvalue weighted by Gasteiger charge is 2.23. The van der Waals surface area contributed by atoms with Crippen molar-refractivity contribution in [2.45, 2.75) is 72.4 Å². The van der Waals surface area contributed by atoms with Gasteiger partial charge in [0.15, 0.2) is 0 Å². The molecule has 0 bridgehead atoms. The number of ether oxygens (including phenoxy) is 2. The summed E-state index contributed by atoms with van der Waals surface area (Å²) in [5.41, 5.74) is 4.52. The fraction of sp³-hybridized carbons (Fsp3) is 0.457. The lowest BCUT2D eigenvalue weighted by Gasteiger charge is -2.29. The summed E-state index contributed by atoms with van der Waals surface area (Å²) >= 11 is 0. The van der Waals surface area contributed by atoms with E-state index in [1.54, 1.807) is 19.2 Å². The number of benzene rings is 2. The van der Waals surface area contributed by atoms with Crippen molar-refractivity contribution in [2.75, 3.05) is 30.3 Å². The Bertz CT molecular complexity index is 1520. The van der Waals surface area contributed by atoms with Crippen LogP contribution in [0.1, 0.15) is 80.4 Å². The Kier molecular flexibility index (Phi) is 11.4. The maximum Gasteiger partial charge on any atom is 0.407 e. The summed E-state index contributed by atoms with van der Waals surface area (Å²) in [7, 11) is 0. The van der Waals surface area contributed by atoms with Crippen LogP contribution in [0, 0.1) is 30.1 Å². The van der Waals surface area contributed by atoms with Crippen LogP contribution in [0.3, 0.4) is 0 Å². The van der Waals surface area contributed by atoms with Gasteiger partial charge in [-0.05, 0) is 107 Å². The molecule has 1 amide bonds. The molecule has 10 heteroatoms. The van der Waals surface area contributed by atoms with Gasteiger partial charge in [-0.2, -0.15) is 10.2 Å². The van der Waals surface area contributed by atoms with E-state index in [-0.39, 0.29) is 12.1 Å². The standard InChI is InChI=1S/C35H44N6O4/c1-6-44-32(42)27-10-7-9-26(17-27)30-12-8-11-28(23(30)2)21-38-33-39-22-29(18-36)31(41-33)37-19-24-13-15-25(16-14-24)20-40-34(43)45-35(3,4)5/h7-12,17,22,24-25H,6,13-16,19-21H2,1-5H3,(H,40,43)(H2,37,38,39,41). The van der Waals surface area contributed by atoms with Crippen LogP contribution < -0.4 is 16.0 Å². The molecule has 1 heterocycles. The number of nitrogens with zero attached hydrogens (tertiary/aromatic N) is 3. The Morgan fingerprint density at radius 1 is 1.02 bits per heavy atom. The summed E-state index contributed by atoms with van der Waals surface area (Å²) in [5.74, 6) is 1.50. The van der Waals surface area contributed by atoms with Gasteiger partial charge < -0.3 is 25.4 Å². The van der Waals surface area contributed by atoms with Gasteiger partial charge in [-0.25, -0.2) is 14.6 Å². The van der Waals surface area contributed by atoms with Gasteiger partial charge in [-0.15, -0.1) is 0 Å². The van der Waals surface area contributed by atoms with E-state index in [0.717, 1.165) is 47.9 Å². The number of nitrogens with one attached hydrogen (secondary N) is 3. The molecule has 3 N–H and O–H groups in total. The van der Waals surface area contributed by atoms with Crippen LogP contribution in [0.15, 0.2) is 48.7 Å². The molecule has 0 saturated heterocycles. The average Bonchev–Trinajstić information content (AvgIpc) is 3.02. The maximum absolute atomic E-state index is 12.3. The minimum absolute atomic E-state index is 0.329. The van der Waals surface area contributed by atoms with Gasteiger partial charge in [-0.1, -0.05) is 30.3 Å². The molecule has 1 saturated carbocycles. The first-order valence-corrected chi connectivity index (χ1v) is 15.6. The zero-order valence-corrected chi connectivity index (χ0v) is 26.9. The van der Waals surface area contributed by atoms with Gasteiger partial charge in [-0.3, -0.25) is 0 Å². The predicted molar refractivity (Wildman–Crippen MR) is 175 cm³/mol. The van der Waals surface area contributed by atoms with E-state index in [4.69, 9.17) is 9.47 Å². The molecule has 3 aromatic rings. The molecule has 0 spiro atoms. The second kappa shape index (κ2) is 15.4. The fourth-order valence-electron chi connectivity index (χ4n) is 5.50.